The van der Waals surface area contributed by atoms with Crippen molar-refractivity contribution in [1.29, 1.82) is 0 Å². The first-order chi connectivity index (χ1) is 14.2. The van der Waals surface area contributed by atoms with Crippen molar-refractivity contribution in [2.45, 2.75) is 25.1 Å². The SMILES string of the molecule is CC(N(N)C(=O)Nc1ccc(Cl)cc1)C(O)(Cn1cncn1)c1ccc(F)cc1F. The van der Waals surface area contributed by atoms with E-state index in [0.717, 1.165) is 17.1 Å². The number of hydrogen-bond acceptors (Lipinski definition) is 5. The molecule has 2 aromatic carbocycles. The van der Waals surface area contributed by atoms with Crippen molar-refractivity contribution >= 4 is 23.3 Å². The van der Waals surface area contributed by atoms with E-state index in [2.05, 4.69) is 15.4 Å². The summed E-state index contributed by atoms with van der Waals surface area (Å²) in [6.45, 7) is 1.14. The number of aromatic nitrogens is 3. The van der Waals surface area contributed by atoms with E-state index in [-0.39, 0.29) is 12.1 Å². The van der Waals surface area contributed by atoms with Gasteiger partial charge in [-0.2, -0.15) is 5.10 Å². The molecule has 0 radical (unpaired) electrons. The van der Waals surface area contributed by atoms with E-state index in [4.69, 9.17) is 17.4 Å². The first-order valence-electron chi connectivity index (χ1n) is 8.81. The molecule has 11 heteroatoms. The first kappa shape index (κ1) is 21.6. The van der Waals surface area contributed by atoms with Gasteiger partial charge in [0.05, 0.1) is 12.6 Å². The molecule has 158 valence electrons. The summed E-state index contributed by atoms with van der Waals surface area (Å²) in [5, 5.41) is 19.1. The summed E-state index contributed by atoms with van der Waals surface area (Å²) in [6, 6.07) is 7.13. The molecule has 30 heavy (non-hydrogen) atoms. The number of benzene rings is 2. The molecule has 0 aliphatic carbocycles. The number of nitrogens with one attached hydrogen (secondary N) is 1. The second kappa shape index (κ2) is 8.74. The Morgan fingerprint density at radius 2 is 2.03 bits per heavy atom. The maximum atomic E-state index is 14.6. The molecule has 4 N–H and O–H groups in total. The van der Waals surface area contributed by atoms with Gasteiger partial charge >= 0.3 is 6.03 Å². The van der Waals surface area contributed by atoms with Gasteiger partial charge in [0.1, 0.15) is 29.9 Å². The van der Waals surface area contributed by atoms with Crippen molar-refractivity contribution in [3.63, 3.8) is 0 Å². The van der Waals surface area contributed by atoms with Gasteiger partial charge in [0.25, 0.3) is 0 Å². The van der Waals surface area contributed by atoms with Crippen molar-refractivity contribution in [2.24, 2.45) is 5.84 Å². The average Bonchev–Trinajstić information content (AvgIpc) is 3.21. The van der Waals surface area contributed by atoms with Crippen molar-refractivity contribution in [3.8, 4) is 0 Å². The molecule has 1 aromatic heterocycles. The summed E-state index contributed by atoms with van der Waals surface area (Å²) in [6.07, 6.45) is 2.55. The lowest BCUT2D eigenvalue weighted by Crippen LogP contribution is -2.57. The number of rotatable bonds is 6. The van der Waals surface area contributed by atoms with Crippen LogP contribution < -0.4 is 11.2 Å². The highest BCUT2D eigenvalue weighted by Crippen LogP contribution is 2.32. The van der Waals surface area contributed by atoms with Gasteiger partial charge in [-0.15, -0.1) is 0 Å². The Balaban J connectivity index is 1.91. The van der Waals surface area contributed by atoms with Gasteiger partial charge in [-0.25, -0.2) is 29.1 Å². The highest BCUT2D eigenvalue weighted by atomic mass is 35.5. The molecule has 0 aliphatic heterocycles. The summed E-state index contributed by atoms with van der Waals surface area (Å²) in [5.74, 6) is 4.17. The largest absolute Gasteiger partial charge is 0.381 e. The van der Waals surface area contributed by atoms with Gasteiger partial charge in [0, 0.05) is 22.3 Å². The second-order valence-electron chi connectivity index (χ2n) is 6.66. The molecule has 0 fully saturated rings. The van der Waals surface area contributed by atoms with E-state index >= 15 is 0 Å². The van der Waals surface area contributed by atoms with Gasteiger partial charge in [0.15, 0.2) is 0 Å². The Bertz CT molecular complexity index is 1020. The molecular weight excluding hydrogens is 418 g/mol. The molecule has 2 unspecified atom stereocenters. The van der Waals surface area contributed by atoms with E-state index in [1.54, 1.807) is 24.3 Å². The van der Waals surface area contributed by atoms with Crippen LogP contribution >= 0.6 is 11.6 Å². The van der Waals surface area contributed by atoms with Crippen molar-refractivity contribution in [2.75, 3.05) is 5.32 Å². The number of urea groups is 1. The standard InChI is InChI=1S/C19H19ClF2N6O2/c1-12(28(23)18(29)26-15-5-2-13(20)3-6-15)19(30,9-27-11-24-10-25-27)16-7-4-14(21)8-17(16)22/h2-8,10-12,30H,9,23H2,1H3,(H,26,29). The average molecular weight is 437 g/mol. The van der Waals surface area contributed by atoms with E-state index in [0.29, 0.717) is 16.8 Å². The lowest BCUT2D eigenvalue weighted by molar-refractivity contribution is -0.0508. The van der Waals surface area contributed by atoms with Crippen LogP contribution in [0.3, 0.4) is 0 Å². The molecule has 3 aromatic rings. The van der Waals surface area contributed by atoms with Crippen LogP contribution in [-0.4, -0.2) is 37.0 Å². The molecule has 0 bridgehead atoms. The summed E-state index contributed by atoms with van der Waals surface area (Å²) in [5.41, 5.74) is -1.89. The highest BCUT2D eigenvalue weighted by Gasteiger charge is 2.43. The van der Waals surface area contributed by atoms with Gasteiger partial charge in [-0.3, -0.25) is 5.01 Å². The molecule has 0 spiro atoms. The van der Waals surface area contributed by atoms with Crippen LogP contribution in [0.2, 0.25) is 5.02 Å². The fourth-order valence-corrected chi connectivity index (χ4v) is 3.10. The fourth-order valence-electron chi connectivity index (χ4n) is 2.97. The Labute approximate surface area is 175 Å². The van der Waals surface area contributed by atoms with Gasteiger partial charge < -0.3 is 10.4 Å². The van der Waals surface area contributed by atoms with Crippen LogP contribution in [0.15, 0.2) is 55.1 Å². The summed E-state index contributed by atoms with van der Waals surface area (Å²) < 4.78 is 29.2. The summed E-state index contributed by atoms with van der Waals surface area (Å²) >= 11 is 5.83. The highest BCUT2D eigenvalue weighted by molar-refractivity contribution is 6.30. The summed E-state index contributed by atoms with van der Waals surface area (Å²) in [4.78, 5) is 16.4. The number of nitrogens with zero attached hydrogens (tertiary/aromatic N) is 4. The van der Waals surface area contributed by atoms with Crippen LogP contribution in [0.5, 0.6) is 0 Å². The van der Waals surface area contributed by atoms with E-state index < -0.39 is 29.3 Å². The molecule has 0 saturated carbocycles. The minimum absolute atomic E-state index is 0.248. The quantitative estimate of drug-likeness (QED) is 0.313. The van der Waals surface area contributed by atoms with Crippen molar-refractivity contribution < 1.29 is 18.7 Å². The predicted octanol–water partition coefficient (Wildman–Crippen LogP) is 2.89. The normalized spacial score (nSPS) is 14.1. The van der Waals surface area contributed by atoms with Gasteiger partial charge in [-0.1, -0.05) is 17.7 Å². The zero-order valence-electron chi connectivity index (χ0n) is 15.8. The number of carbonyl (C=O) groups excluding carboxylic acids is 1. The molecular formula is C19H19ClF2N6O2. The number of hydrazine groups is 1. The van der Waals surface area contributed by atoms with Crippen molar-refractivity contribution in [1.82, 2.24) is 19.8 Å². The molecule has 3 rings (SSSR count). The molecule has 2 atom stereocenters. The Morgan fingerprint density at radius 1 is 1.33 bits per heavy atom. The van der Waals surface area contributed by atoms with E-state index in [1.807, 2.05) is 0 Å². The number of aliphatic hydroxyl groups is 1. The number of halogens is 3. The monoisotopic (exact) mass is 436 g/mol. The van der Waals surface area contributed by atoms with E-state index in [1.165, 1.54) is 24.3 Å². The zero-order valence-corrected chi connectivity index (χ0v) is 16.6. The predicted molar refractivity (Wildman–Crippen MR) is 106 cm³/mol. The molecule has 8 nitrogen and oxygen atoms in total. The zero-order chi connectivity index (χ0) is 21.9. The Hall–Kier alpha value is -3.08. The fraction of sp³-hybridized carbons (Fsp3) is 0.211. The Kier molecular flexibility index (Phi) is 6.30. The van der Waals surface area contributed by atoms with Gasteiger partial charge in [0.2, 0.25) is 0 Å². The number of amides is 2. The topological polar surface area (TPSA) is 109 Å². The maximum Gasteiger partial charge on any atom is 0.336 e. The van der Waals surface area contributed by atoms with Crippen LogP contribution in [0.4, 0.5) is 19.3 Å². The minimum Gasteiger partial charge on any atom is -0.381 e. The number of anilines is 1. The molecule has 1 heterocycles. The van der Waals surface area contributed by atoms with Crippen LogP contribution in [-0.2, 0) is 12.1 Å². The van der Waals surface area contributed by atoms with Gasteiger partial charge in [-0.05, 0) is 37.3 Å². The van der Waals surface area contributed by atoms with Crippen LogP contribution in [0, 0.1) is 11.6 Å². The van der Waals surface area contributed by atoms with Crippen LogP contribution in [0.1, 0.15) is 12.5 Å². The number of nitrogens with two attached hydrogens (primary N) is 1. The number of hydrogen-bond donors (Lipinski definition) is 3. The van der Waals surface area contributed by atoms with E-state index in [9.17, 15) is 18.7 Å². The molecule has 0 saturated heterocycles. The smallest absolute Gasteiger partial charge is 0.336 e. The Morgan fingerprint density at radius 3 is 2.63 bits per heavy atom. The minimum atomic E-state index is -2.06. The lowest BCUT2D eigenvalue weighted by Gasteiger charge is -2.39. The third kappa shape index (κ3) is 4.56. The summed E-state index contributed by atoms with van der Waals surface area (Å²) in [7, 11) is 0. The third-order valence-electron chi connectivity index (χ3n) is 4.71. The lowest BCUT2D eigenvalue weighted by atomic mass is 9.86. The number of carbonyl (C=O) groups is 1. The first-order valence-corrected chi connectivity index (χ1v) is 9.19. The van der Waals surface area contributed by atoms with Crippen molar-refractivity contribution in [3.05, 3.63) is 77.3 Å². The van der Waals surface area contributed by atoms with Crippen LogP contribution in [0.25, 0.3) is 0 Å². The second-order valence-corrected chi connectivity index (χ2v) is 7.10. The molecule has 2 amide bonds. The maximum absolute atomic E-state index is 14.6. The molecule has 0 aliphatic rings. The third-order valence-corrected chi connectivity index (χ3v) is 4.96.